The van der Waals surface area contributed by atoms with Gasteiger partial charge in [0.15, 0.2) is 0 Å². The van der Waals surface area contributed by atoms with Crippen molar-refractivity contribution in [2.24, 2.45) is 5.92 Å². The van der Waals surface area contributed by atoms with Crippen molar-refractivity contribution in [1.82, 2.24) is 25.0 Å². The number of carbonyl (C=O) groups is 1. The Morgan fingerprint density at radius 3 is 2.85 bits per heavy atom. The van der Waals surface area contributed by atoms with Crippen LogP contribution in [0.4, 0.5) is 0 Å². The van der Waals surface area contributed by atoms with Crippen molar-refractivity contribution >= 4 is 5.91 Å². The molecule has 0 unspecified atom stereocenters. The molecule has 1 atom stereocenters. The van der Waals surface area contributed by atoms with E-state index in [0.29, 0.717) is 18.2 Å². The van der Waals surface area contributed by atoms with E-state index in [1.165, 1.54) is 6.33 Å². The summed E-state index contributed by atoms with van der Waals surface area (Å²) < 4.78 is 0. The number of aromatic nitrogens is 3. The first-order chi connectivity index (χ1) is 9.81. The van der Waals surface area contributed by atoms with Crippen LogP contribution < -0.4 is 0 Å². The lowest BCUT2D eigenvalue weighted by atomic mass is 10.0. The van der Waals surface area contributed by atoms with E-state index in [0.717, 1.165) is 51.4 Å². The molecular formula is C14H21N5O. The minimum Gasteiger partial charge on any atom is -0.340 e. The lowest BCUT2D eigenvalue weighted by molar-refractivity contribution is -0.133. The Labute approximate surface area is 118 Å². The number of carbonyl (C=O) groups excluding carboxylic acids is 1. The fraction of sp³-hybridized carbons (Fsp3) is 0.643. The number of aromatic amines is 1. The van der Waals surface area contributed by atoms with Crippen LogP contribution in [-0.2, 0) is 11.3 Å². The van der Waals surface area contributed by atoms with Gasteiger partial charge in [0.25, 0.3) is 0 Å². The summed E-state index contributed by atoms with van der Waals surface area (Å²) in [5.74, 6) is 1.66. The third kappa shape index (κ3) is 3.25. The van der Waals surface area contributed by atoms with Crippen LogP contribution in [0.1, 0.15) is 25.1 Å². The summed E-state index contributed by atoms with van der Waals surface area (Å²) in [6.07, 6.45) is 8.86. The topological polar surface area (TPSA) is 65.1 Å². The maximum absolute atomic E-state index is 12.2. The quantitative estimate of drug-likeness (QED) is 0.826. The minimum atomic E-state index is 0.306. The zero-order chi connectivity index (χ0) is 13.8. The highest BCUT2D eigenvalue weighted by molar-refractivity contribution is 5.76. The van der Waals surface area contributed by atoms with Gasteiger partial charge in [0, 0.05) is 32.6 Å². The van der Waals surface area contributed by atoms with Gasteiger partial charge >= 0.3 is 0 Å². The van der Waals surface area contributed by atoms with Crippen molar-refractivity contribution in [2.45, 2.75) is 25.8 Å². The van der Waals surface area contributed by atoms with E-state index in [2.05, 4.69) is 32.2 Å². The fourth-order valence-corrected chi connectivity index (χ4v) is 2.89. The third-order valence-corrected chi connectivity index (χ3v) is 4.11. The highest BCUT2D eigenvalue weighted by atomic mass is 16.2. The summed E-state index contributed by atoms with van der Waals surface area (Å²) >= 11 is 0. The van der Waals surface area contributed by atoms with Crippen molar-refractivity contribution in [1.29, 1.82) is 0 Å². The Morgan fingerprint density at radius 2 is 2.20 bits per heavy atom. The highest BCUT2D eigenvalue weighted by Gasteiger charge is 2.23. The number of nitrogens with one attached hydrogen (secondary N) is 1. The van der Waals surface area contributed by atoms with Gasteiger partial charge in [-0.2, -0.15) is 5.10 Å². The number of allylic oxidation sites excluding steroid dienone is 2. The molecule has 1 aliphatic heterocycles. The van der Waals surface area contributed by atoms with E-state index in [-0.39, 0.29) is 0 Å². The second-order valence-corrected chi connectivity index (χ2v) is 5.56. The molecule has 6 nitrogen and oxygen atoms in total. The Bertz CT molecular complexity index is 462. The minimum absolute atomic E-state index is 0.306. The molecule has 2 aliphatic rings. The van der Waals surface area contributed by atoms with Crippen LogP contribution in [0.5, 0.6) is 0 Å². The van der Waals surface area contributed by atoms with E-state index in [1.54, 1.807) is 0 Å². The SMILES string of the molecule is O=C(C[C@H]1C=CCC1)N1CCN(Cc2ncn[nH]2)CC1. The Hall–Kier alpha value is -1.69. The zero-order valence-electron chi connectivity index (χ0n) is 11.7. The number of amides is 1. The maximum atomic E-state index is 12.2. The molecule has 1 saturated heterocycles. The molecular weight excluding hydrogens is 254 g/mol. The third-order valence-electron chi connectivity index (χ3n) is 4.11. The summed E-state index contributed by atoms with van der Waals surface area (Å²) in [5.41, 5.74) is 0. The molecule has 0 radical (unpaired) electrons. The monoisotopic (exact) mass is 275 g/mol. The van der Waals surface area contributed by atoms with Crippen LogP contribution in [0, 0.1) is 5.92 Å². The van der Waals surface area contributed by atoms with Gasteiger partial charge < -0.3 is 4.90 Å². The van der Waals surface area contributed by atoms with Crippen molar-refractivity contribution < 1.29 is 4.79 Å². The number of hydrogen-bond acceptors (Lipinski definition) is 4. The molecule has 0 aromatic carbocycles. The number of H-pyrrole nitrogens is 1. The van der Waals surface area contributed by atoms with Gasteiger partial charge in [-0.05, 0) is 18.8 Å². The molecule has 3 rings (SSSR count). The van der Waals surface area contributed by atoms with Gasteiger partial charge in [0.1, 0.15) is 12.2 Å². The van der Waals surface area contributed by atoms with Crippen LogP contribution in [0.3, 0.4) is 0 Å². The van der Waals surface area contributed by atoms with Crippen molar-refractivity contribution in [3.05, 3.63) is 24.3 Å². The van der Waals surface area contributed by atoms with Gasteiger partial charge in [-0.1, -0.05) is 12.2 Å². The first-order valence-corrected chi connectivity index (χ1v) is 7.32. The fourth-order valence-electron chi connectivity index (χ4n) is 2.89. The first kappa shape index (κ1) is 13.3. The second-order valence-electron chi connectivity index (χ2n) is 5.56. The normalized spacial score (nSPS) is 23.4. The molecule has 6 heteroatoms. The summed E-state index contributed by atoms with van der Waals surface area (Å²) in [7, 11) is 0. The average Bonchev–Trinajstić information content (AvgIpc) is 3.13. The summed E-state index contributed by atoms with van der Waals surface area (Å²) in [4.78, 5) is 20.7. The number of piperazine rings is 1. The molecule has 1 amide bonds. The van der Waals surface area contributed by atoms with Crippen LogP contribution in [0.2, 0.25) is 0 Å². The molecule has 0 saturated carbocycles. The van der Waals surface area contributed by atoms with Crippen LogP contribution in [-0.4, -0.2) is 57.1 Å². The van der Waals surface area contributed by atoms with E-state index < -0.39 is 0 Å². The van der Waals surface area contributed by atoms with E-state index >= 15 is 0 Å². The maximum Gasteiger partial charge on any atom is 0.223 e. The lowest BCUT2D eigenvalue weighted by Gasteiger charge is -2.34. The highest BCUT2D eigenvalue weighted by Crippen LogP contribution is 2.21. The van der Waals surface area contributed by atoms with Crippen molar-refractivity contribution in [3.63, 3.8) is 0 Å². The van der Waals surface area contributed by atoms with Crippen molar-refractivity contribution in [2.75, 3.05) is 26.2 Å². The number of nitrogens with zero attached hydrogens (tertiary/aromatic N) is 4. The lowest BCUT2D eigenvalue weighted by Crippen LogP contribution is -2.48. The molecule has 108 valence electrons. The number of hydrogen-bond donors (Lipinski definition) is 1. The van der Waals surface area contributed by atoms with Gasteiger partial charge in [-0.15, -0.1) is 0 Å². The second kappa shape index (κ2) is 6.17. The van der Waals surface area contributed by atoms with Crippen LogP contribution in [0.15, 0.2) is 18.5 Å². The predicted molar refractivity (Wildman–Crippen MR) is 74.7 cm³/mol. The van der Waals surface area contributed by atoms with Crippen LogP contribution in [0.25, 0.3) is 0 Å². The summed E-state index contributed by atoms with van der Waals surface area (Å²) in [6.45, 7) is 4.25. The summed E-state index contributed by atoms with van der Waals surface area (Å²) in [5, 5.41) is 6.73. The molecule has 20 heavy (non-hydrogen) atoms. The molecule has 1 aromatic heterocycles. The number of rotatable bonds is 4. The molecule has 0 spiro atoms. The molecule has 0 bridgehead atoms. The van der Waals surface area contributed by atoms with Gasteiger partial charge in [0.05, 0.1) is 6.54 Å². The Kier molecular flexibility index (Phi) is 4.11. The molecule has 1 aliphatic carbocycles. The standard InChI is InChI=1S/C14H21N5O/c20-14(9-12-3-1-2-4-12)19-7-5-18(6-8-19)10-13-15-11-16-17-13/h1,3,11-12H,2,4-10H2,(H,15,16,17)/t12-/m0/s1. The molecule has 1 aromatic rings. The summed E-state index contributed by atoms with van der Waals surface area (Å²) in [6, 6.07) is 0. The zero-order valence-corrected chi connectivity index (χ0v) is 11.7. The molecule has 2 heterocycles. The predicted octanol–water partition coefficient (Wildman–Crippen LogP) is 0.805. The van der Waals surface area contributed by atoms with Gasteiger partial charge in [-0.3, -0.25) is 14.8 Å². The Balaban J connectivity index is 1.43. The molecule has 1 fully saturated rings. The van der Waals surface area contributed by atoms with E-state index in [9.17, 15) is 4.79 Å². The largest absolute Gasteiger partial charge is 0.340 e. The smallest absolute Gasteiger partial charge is 0.223 e. The van der Waals surface area contributed by atoms with Gasteiger partial charge in [0.2, 0.25) is 5.91 Å². The first-order valence-electron chi connectivity index (χ1n) is 7.32. The molecule has 1 N–H and O–H groups in total. The van der Waals surface area contributed by atoms with Gasteiger partial charge in [-0.25, -0.2) is 4.98 Å². The van der Waals surface area contributed by atoms with E-state index in [4.69, 9.17) is 0 Å². The van der Waals surface area contributed by atoms with E-state index in [1.807, 2.05) is 4.90 Å². The average molecular weight is 275 g/mol. The van der Waals surface area contributed by atoms with Crippen molar-refractivity contribution in [3.8, 4) is 0 Å². The van der Waals surface area contributed by atoms with Crippen LogP contribution >= 0.6 is 0 Å². The Morgan fingerprint density at radius 1 is 1.35 bits per heavy atom.